The Kier molecular flexibility index (Phi) is 3.66. The van der Waals surface area contributed by atoms with Crippen molar-refractivity contribution < 1.29 is 9.59 Å². The minimum absolute atomic E-state index is 0.201. The van der Waals surface area contributed by atoms with Gasteiger partial charge >= 0.3 is 0 Å². The molecule has 0 radical (unpaired) electrons. The second kappa shape index (κ2) is 5.25. The highest BCUT2D eigenvalue weighted by molar-refractivity contribution is 5.98. The number of primary amides is 1. The summed E-state index contributed by atoms with van der Waals surface area (Å²) >= 11 is 0. The van der Waals surface area contributed by atoms with Crippen LogP contribution in [0, 0.1) is 6.92 Å². The highest BCUT2D eigenvalue weighted by Crippen LogP contribution is 2.19. The molecule has 2 aromatic heterocycles. The van der Waals surface area contributed by atoms with Gasteiger partial charge in [0.25, 0.3) is 0 Å². The Bertz CT molecular complexity index is 678. The van der Waals surface area contributed by atoms with Crippen LogP contribution in [0.4, 0.5) is 5.69 Å². The maximum absolute atomic E-state index is 11.8. The van der Waals surface area contributed by atoms with Crippen LogP contribution in [-0.4, -0.2) is 32.6 Å². The molecule has 0 saturated heterocycles. The van der Waals surface area contributed by atoms with E-state index in [1.54, 1.807) is 17.8 Å². The standard InChI is InChI=1S/C12H16N6O2/c1-6-8-3-7(5-15-11(8)18(2)17-6)16-12(20)9(13)4-10(14)19/h3,5,9H,4,13H2,1-2H3,(H2,14,19)(H,16,20). The molecule has 8 heteroatoms. The number of hydrogen-bond acceptors (Lipinski definition) is 5. The molecule has 0 bridgehead atoms. The van der Waals surface area contributed by atoms with E-state index in [9.17, 15) is 9.59 Å². The molecule has 0 saturated carbocycles. The zero-order chi connectivity index (χ0) is 14.9. The smallest absolute Gasteiger partial charge is 0.241 e. The van der Waals surface area contributed by atoms with E-state index in [4.69, 9.17) is 11.5 Å². The number of rotatable bonds is 4. The third kappa shape index (κ3) is 2.75. The number of nitrogens with one attached hydrogen (secondary N) is 1. The lowest BCUT2D eigenvalue weighted by Crippen LogP contribution is -2.39. The van der Waals surface area contributed by atoms with Gasteiger partial charge in [-0.1, -0.05) is 0 Å². The van der Waals surface area contributed by atoms with Crippen molar-refractivity contribution >= 4 is 28.5 Å². The Morgan fingerprint density at radius 3 is 2.85 bits per heavy atom. The molecule has 2 amide bonds. The molecule has 0 aliphatic heterocycles. The van der Waals surface area contributed by atoms with Crippen molar-refractivity contribution in [3.8, 4) is 0 Å². The number of nitrogens with zero attached hydrogens (tertiary/aromatic N) is 3. The van der Waals surface area contributed by atoms with Gasteiger partial charge in [0.05, 0.1) is 30.0 Å². The van der Waals surface area contributed by atoms with Crippen LogP contribution in [0.5, 0.6) is 0 Å². The van der Waals surface area contributed by atoms with Gasteiger partial charge < -0.3 is 16.8 Å². The molecule has 2 heterocycles. The molecule has 2 aromatic rings. The van der Waals surface area contributed by atoms with Crippen LogP contribution in [-0.2, 0) is 16.6 Å². The molecule has 106 valence electrons. The summed E-state index contributed by atoms with van der Waals surface area (Å²) < 4.78 is 1.66. The molecule has 0 aromatic carbocycles. The van der Waals surface area contributed by atoms with Gasteiger partial charge in [-0.3, -0.25) is 14.3 Å². The third-order valence-corrected chi connectivity index (χ3v) is 2.89. The van der Waals surface area contributed by atoms with Crippen LogP contribution >= 0.6 is 0 Å². The lowest BCUT2D eigenvalue weighted by Gasteiger charge is -2.10. The van der Waals surface area contributed by atoms with Crippen LogP contribution < -0.4 is 16.8 Å². The van der Waals surface area contributed by atoms with Gasteiger partial charge in [0, 0.05) is 12.4 Å². The SMILES string of the molecule is Cc1nn(C)c2ncc(NC(=O)C(N)CC(N)=O)cc12. The summed E-state index contributed by atoms with van der Waals surface area (Å²) in [7, 11) is 1.80. The number of hydrogen-bond donors (Lipinski definition) is 3. The first-order valence-electron chi connectivity index (χ1n) is 6.02. The number of aryl methyl sites for hydroxylation is 2. The van der Waals surface area contributed by atoms with Crippen molar-refractivity contribution in [2.75, 3.05) is 5.32 Å². The zero-order valence-electron chi connectivity index (χ0n) is 11.3. The predicted octanol–water partition coefficient (Wildman–Crippen LogP) is -0.582. The molecule has 0 aliphatic carbocycles. The highest BCUT2D eigenvalue weighted by Gasteiger charge is 2.16. The Hall–Kier alpha value is -2.48. The molecular formula is C12H16N6O2. The van der Waals surface area contributed by atoms with Crippen molar-refractivity contribution in [1.82, 2.24) is 14.8 Å². The van der Waals surface area contributed by atoms with Crippen LogP contribution in [0.3, 0.4) is 0 Å². The number of pyridine rings is 1. The van der Waals surface area contributed by atoms with Gasteiger partial charge in [-0.25, -0.2) is 4.98 Å². The number of anilines is 1. The van der Waals surface area contributed by atoms with E-state index in [0.29, 0.717) is 5.69 Å². The fourth-order valence-corrected chi connectivity index (χ4v) is 1.92. The second-order valence-corrected chi connectivity index (χ2v) is 4.57. The van der Waals surface area contributed by atoms with Gasteiger partial charge in [-0.05, 0) is 13.0 Å². The fraction of sp³-hybridized carbons (Fsp3) is 0.333. The van der Waals surface area contributed by atoms with Crippen molar-refractivity contribution in [1.29, 1.82) is 0 Å². The lowest BCUT2D eigenvalue weighted by atomic mass is 10.2. The number of amides is 2. The molecule has 0 aliphatic rings. The maximum atomic E-state index is 11.8. The quantitative estimate of drug-likeness (QED) is 0.688. The molecule has 2 rings (SSSR count). The summed E-state index contributed by atoms with van der Waals surface area (Å²) in [4.78, 5) is 26.7. The summed E-state index contributed by atoms with van der Waals surface area (Å²) in [5.41, 5.74) is 12.6. The number of fused-ring (bicyclic) bond motifs is 1. The molecule has 0 fully saturated rings. The average Bonchev–Trinajstić information content (AvgIpc) is 2.64. The number of carbonyl (C=O) groups excluding carboxylic acids is 2. The van der Waals surface area contributed by atoms with E-state index in [-0.39, 0.29) is 6.42 Å². The number of nitrogens with two attached hydrogens (primary N) is 2. The first-order chi connectivity index (χ1) is 9.38. The van der Waals surface area contributed by atoms with Crippen molar-refractivity contribution in [3.63, 3.8) is 0 Å². The van der Waals surface area contributed by atoms with E-state index in [2.05, 4.69) is 15.4 Å². The molecule has 0 spiro atoms. The van der Waals surface area contributed by atoms with Gasteiger partial charge in [0.2, 0.25) is 11.8 Å². The molecule has 8 nitrogen and oxygen atoms in total. The first-order valence-corrected chi connectivity index (χ1v) is 6.02. The van der Waals surface area contributed by atoms with E-state index in [1.807, 2.05) is 6.92 Å². The van der Waals surface area contributed by atoms with Crippen molar-refractivity contribution in [2.45, 2.75) is 19.4 Å². The predicted molar refractivity (Wildman–Crippen MR) is 73.7 cm³/mol. The molecule has 20 heavy (non-hydrogen) atoms. The van der Waals surface area contributed by atoms with Gasteiger partial charge in [0.1, 0.15) is 0 Å². The maximum Gasteiger partial charge on any atom is 0.241 e. The summed E-state index contributed by atoms with van der Waals surface area (Å²) in [6.07, 6.45) is 1.31. The second-order valence-electron chi connectivity index (χ2n) is 4.57. The van der Waals surface area contributed by atoms with Crippen molar-refractivity contribution in [3.05, 3.63) is 18.0 Å². The number of carbonyl (C=O) groups is 2. The van der Waals surface area contributed by atoms with E-state index in [1.165, 1.54) is 6.20 Å². The normalized spacial score (nSPS) is 12.3. The monoisotopic (exact) mass is 276 g/mol. The van der Waals surface area contributed by atoms with E-state index >= 15 is 0 Å². The lowest BCUT2D eigenvalue weighted by molar-refractivity contribution is -0.123. The largest absolute Gasteiger partial charge is 0.370 e. The minimum atomic E-state index is -0.974. The molecule has 5 N–H and O–H groups in total. The van der Waals surface area contributed by atoms with Crippen LogP contribution in [0.2, 0.25) is 0 Å². The highest BCUT2D eigenvalue weighted by atomic mass is 16.2. The molecular weight excluding hydrogens is 260 g/mol. The molecule has 1 unspecified atom stereocenters. The van der Waals surface area contributed by atoms with Gasteiger partial charge in [-0.15, -0.1) is 0 Å². The van der Waals surface area contributed by atoms with Crippen LogP contribution in [0.15, 0.2) is 12.3 Å². The zero-order valence-corrected chi connectivity index (χ0v) is 11.3. The van der Waals surface area contributed by atoms with E-state index < -0.39 is 17.9 Å². The van der Waals surface area contributed by atoms with Gasteiger partial charge in [0.15, 0.2) is 5.65 Å². The third-order valence-electron chi connectivity index (χ3n) is 2.89. The Labute approximate surface area is 115 Å². The van der Waals surface area contributed by atoms with E-state index in [0.717, 1.165) is 16.7 Å². The average molecular weight is 276 g/mol. The van der Waals surface area contributed by atoms with Crippen LogP contribution in [0.1, 0.15) is 12.1 Å². The van der Waals surface area contributed by atoms with Gasteiger partial charge in [-0.2, -0.15) is 5.10 Å². The fourth-order valence-electron chi connectivity index (χ4n) is 1.92. The first kappa shape index (κ1) is 13.9. The Balaban J connectivity index is 2.20. The van der Waals surface area contributed by atoms with Crippen LogP contribution in [0.25, 0.3) is 11.0 Å². The Morgan fingerprint density at radius 2 is 2.20 bits per heavy atom. The topological polar surface area (TPSA) is 129 Å². The summed E-state index contributed by atoms with van der Waals surface area (Å²) in [6, 6.07) is 0.790. The summed E-state index contributed by atoms with van der Waals surface area (Å²) in [5.74, 6) is -1.10. The Morgan fingerprint density at radius 1 is 1.50 bits per heavy atom. The summed E-state index contributed by atoms with van der Waals surface area (Å²) in [6.45, 7) is 1.86. The number of aromatic nitrogens is 3. The minimum Gasteiger partial charge on any atom is -0.370 e. The van der Waals surface area contributed by atoms with Crippen molar-refractivity contribution in [2.24, 2.45) is 18.5 Å². The molecule has 1 atom stereocenters. The summed E-state index contributed by atoms with van der Waals surface area (Å²) in [5, 5.41) is 7.69.